The molecule has 0 aliphatic carbocycles. The maximum atomic E-state index is 12.1. The first-order valence-electron chi connectivity index (χ1n) is 7.00. The van der Waals surface area contributed by atoms with Gasteiger partial charge >= 0.3 is 5.97 Å². The lowest BCUT2D eigenvalue weighted by Gasteiger charge is -2.13. The number of ether oxygens (including phenoxy) is 1. The van der Waals surface area contributed by atoms with Crippen LogP contribution in [0.4, 0.5) is 5.69 Å². The number of anilines is 1. The average molecular weight is 312 g/mol. The van der Waals surface area contributed by atoms with E-state index in [4.69, 9.17) is 14.4 Å². The molecule has 0 spiro atoms. The largest absolute Gasteiger partial charge is 0.466 e. The first kappa shape index (κ1) is 16.3. The van der Waals surface area contributed by atoms with E-state index in [1.807, 2.05) is 6.07 Å². The van der Waals surface area contributed by atoms with Gasteiger partial charge in [-0.1, -0.05) is 12.1 Å². The lowest BCUT2D eigenvalue weighted by molar-refractivity contribution is -0.123. The Hall–Kier alpha value is -3.07. The van der Waals surface area contributed by atoms with Gasteiger partial charge in [0.05, 0.1) is 11.3 Å². The van der Waals surface area contributed by atoms with Gasteiger partial charge < -0.3 is 14.5 Å². The molecule has 0 unspecified atom stereocenters. The van der Waals surface area contributed by atoms with Crippen LogP contribution in [-0.2, 0) is 9.53 Å². The van der Waals surface area contributed by atoms with Crippen LogP contribution in [0.3, 0.4) is 0 Å². The molecular formula is C17H16N2O4. The Morgan fingerprint density at radius 3 is 2.61 bits per heavy atom. The van der Waals surface area contributed by atoms with Crippen LogP contribution < -0.4 is 5.32 Å². The molecule has 2 rings (SSSR count). The van der Waals surface area contributed by atoms with Gasteiger partial charge in [-0.25, -0.2) is 4.79 Å². The maximum absolute atomic E-state index is 12.1. The number of nitriles is 1. The minimum Gasteiger partial charge on any atom is -0.466 e. The van der Waals surface area contributed by atoms with Crippen LogP contribution in [0, 0.1) is 25.2 Å². The van der Waals surface area contributed by atoms with Gasteiger partial charge in [-0.2, -0.15) is 5.26 Å². The number of benzene rings is 1. The summed E-state index contributed by atoms with van der Waals surface area (Å²) >= 11 is 0. The van der Waals surface area contributed by atoms with Crippen LogP contribution in [0.15, 0.2) is 34.7 Å². The Morgan fingerprint density at radius 1 is 1.30 bits per heavy atom. The highest BCUT2D eigenvalue weighted by molar-refractivity contribution is 5.98. The van der Waals surface area contributed by atoms with Crippen LogP contribution in [0.2, 0.25) is 0 Å². The molecule has 1 aromatic heterocycles. The average Bonchev–Trinajstić information content (AvgIpc) is 2.86. The zero-order chi connectivity index (χ0) is 17.0. The number of nitrogens with one attached hydrogen (secondary N) is 1. The number of carbonyl (C=O) groups excluding carboxylic acids is 2. The highest BCUT2D eigenvalue weighted by Gasteiger charge is 2.22. The minimum absolute atomic E-state index is 0.291. The summed E-state index contributed by atoms with van der Waals surface area (Å²) in [7, 11) is 0. The summed E-state index contributed by atoms with van der Waals surface area (Å²) in [5.41, 5.74) is 0.999. The molecule has 0 aliphatic rings. The van der Waals surface area contributed by atoms with Crippen LogP contribution in [-0.4, -0.2) is 18.0 Å². The third-order valence-corrected chi connectivity index (χ3v) is 3.22. The molecule has 23 heavy (non-hydrogen) atoms. The van der Waals surface area contributed by atoms with Crippen molar-refractivity contribution in [1.82, 2.24) is 0 Å². The monoisotopic (exact) mass is 312 g/mol. The number of para-hydroxylation sites is 1. The molecular weight excluding hydrogens is 296 g/mol. The number of aryl methyl sites for hydroxylation is 2. The molecule has 118 valence electrons. The number of esters is 1. The van der Waals surface area contributed by atoms with Crippen molar-refractivity contribution in [2.75, 3.05) is 5.32 Å². The van der Waals surface area contributed by atoms with Gasteiger partial charge in [-0.05, 0) is 39.0 Å². The SMILES string of the molecule is Cc1cc(C(=O)O[C@H](C)C(=O)Nc2ccccc2C#N)c(C)o1. The fourth-order valence-electron chi connectivity index (χ4n) is 2.04. The molecule has 0 fully saturated rings. The summed E-state index contributed by atoms with van der Waals surface area (Å²) in [4.78, 5) is 24.2. The molecule has 6 heteroatoms. The molecule has 1 heterocycles. The molecule has 2 aromatic rings. The van der Waals surface area contributed by atoms with E-state index in [9.17, 15) is 9.59 Å². The first-order valence-corrected chi connectivity index (χ1v) is 7.00. The van der Waals surface area contributed by atoms with E-state index < -0.39 is 18.0 Å². The number of hydrogen-bond donors (Lipinski definition) is 1. The zero-order valence-corrected chi connectivity index (χ0v) is 13.0. The summed E-state index contributed by atoms with van der Waals surface area (Å²) in [6.45, 7) is 4.83. The summed E-state index contributed by atoms with van der Waals surface area (Å²) < 4.78 is 10.4. The van der Waals surface area contributed by atoms with Gasteiger partial charge in [-0.3, -0.25) is 4.79 Å². The zero-order valence-electron chi connectivity index (χ0n) is 13.0. The molecule has 0 radical (unpaired) electrons. The van der Waals surface area contributed by atoms with Gasteiger partial charge in [0.1, 0.15) is 23.2 Å². The summed E-state index contributed by atoms with van der Waals surface area (Å²) in [5.74, 6) is -0.112. The molecule has 1 aromatic carbocycles. The lowest BCUT2D eigenvalue weighted by atomic mass is 10.2. The Balaban J connectivity index is 2.04. The number of nitrogens with zero attached hydrogens (tertiary/aromatic N) is 1. The highest BCUT2D eigenvalue weighted by Crippen LogP contribution is 2.17. The number of amides is 1. The van der Waals surface area contributed by atoms with Crippen molar-refractivity contribution < 1.29 is 18.7 Å². The molecule has 6 nitrogen and oxygen atoms in total. The second-order valence-corrected chi connectivity index (χ2v) is 5.02. The Morgan fingerprint density at radius 2 is 2.00 bits per heavy atom. The standard InChI is InChI=1S/C17H16N2O4/c1-10-8-14(11(2)22-10)17(21)23-12(3)16(20)19-15-7-5-4-6-13(15)9-18/h4-8,12H,1-3H3,(H,19,20)/t12-/m1/s1. The van der Waals surface area contributed by atoms with E-state index >= 15 is 0 Å². The van der Waals surface area contributed by atoms with E-state index in [-0.39, 0.29) is 0 Å². The molecule has 0 bridgehead atoms. The van der Waals surface area contributed by atoms with Crippen molar-refractivity contribution in [3.63, 3.8) is 0 Å². The van der Waals surface area contributed by atoms with Crippen LogP contribution in [0.1, 0.15) is 34.4 Å². The summed E-state index contributed by atoms with van der Waals surface area (Å²) in [5, 5.41) is 11.6. The molecule has 0 saturated carbocycles. The first-order chi connectivity index (χ1) is 10.9. The Bertz CT molecular complexity index is 786. The third-order valence-electron chi connectivity index (χ3n) is 3.22. The topological polar surface area (TPSA) is 92.3 Å². The molecule has 0 saturated heterocycles. The van der Waals surface area contributed by atoms with E-state index in [0.29, 0.717) is 28.3 Å². The van der Waals surface area contributed by atoms with Crippen molar-refractivity contribution in [2.45, 2.75) is 26.9 Å². The molecule has 1 atom stereocenters. The molecule has 1 N–H and O–H groups in total. The Kier molecular flexibility index (Phi) is 4.82. The van der Waals surface area contributed by atoms with E-state index in [1.54, 1.807) is 44.2 Å². The van der Waals surface area contributed by atoms with Crippen LogP contribution in [0.5, 0.6) is 0 Å². The molecule has 0 aliphatic heterocycles. The quantitative estimate of drug-likeness (QED) is 0.876. The van der Waals surface area contributed by atoms with E-state index in [0.717, 1.165) is 0 Å². The van der Waals surface area contributed by atoms with Crippen molar-refractivity contribution in [1.29, 1.82) is 5.26 Å². The fraction of sp³-hybridized carbons (Fsp3) is 0.235. The second-order valence-electron chi connectivity index (χ2n) is 5.02. The maximum Gasteiger partial charge on any atom is 0.342 e. The van der Waals surface area contributed by atoms with Crippen molar-refractivity contribution >= 4 is 17.6 Å². The molecule has 1 amide bonds. The van der Waals surface area contributed by atoms with E-state index in [1.165, 1.54) is 6.92 Å². The predicted octanol–water partition coefficient (Wildman–Crippen LogP) is 2.95. The number of rotatable bonds is 4. The lowest BCUT2D eigenvalue weighted by Crippen LogP contribution is -2.30. The fourth-order valence-corrected chi connectivity index (χ4v) is 2.04. The Labute approximate surface area is 133 Å². The predicted molar refractivity (Wildman–Crippen MR) is 82.8 cm³/mol. The number of hydrogen-bond acceptors (Lipinski definition) is 5. The van der Waals surface area contributed by atoms with Gasteiger partial charge in [0, 0.05) is 0 Å². The second kappa shape index (κ2) is 6.79. The highest BCUT2D eigenvalue weighted by atomic mass is 16.5. The number of carbonyl (C=O) groups is 2. The number of furan rings is 1. The van der Waals surface area contributed by atoms with Crippen LogP contribution in [0.25, 0.3) is 0 Å². The van der Waals surface area contributed by atoms with Gasteiger partial charge in [0.15, 0.2) is 6.10 Å². The minimum atomic E-state index is -1.01. The van der Waals surface area contributed by atoms with Gasteiger partial charge in [-0.15, -0.1) is 0 Å². The summed E-state index contributed by atoms with van der Waals surface area (Å²) in [6.07, 6.45) is -1.01. The smallest absolute Gasteiger partial charge is 0.342 e. The summed E-state index contributed by atoms with van der Waals surface area (Å²) in [6, 6.07) is 10.1. The van der Waals surface area contributed by atoms with Crippen molar-refractivity contribution in [3.8, 4) is 6.07 Å². The van der Waals surface area contributed by atoms with Crippen molar-refractivity contribution in [2.24, 2.45) is 0 Å². The normalized spacial score (nSPS) is 11.4. The van der Waals surface area contributed by atoms with Gasteiger partial charge in [0.25, 0.3) is 5.91 Å². The van der Waals surface area contributed by atoms with Gasteiger partial charge in [0.2, 0.25) is 0 Å². The van der Waals surface area contributed by atoms with E-state index in [2.05, 4.69) is 5.32 Å². The van der Waals surface area contributed by atoms with Crippen molar-refractivity contribution in [3.05, 3.63) is 53.0 Å². The third kappa shape index (κ3) is 3.77. The van der Waals surface area contributed by atoms with Crippen LogP contribution >= 0.6 is 0 Å².